The minimum absolute atomic E-state index is 0.347. The van der Waals surface area contributed by atoms with Gasteiger partial charge in [-0.2, -0.15) is 0 Å². The van der Waals surface area contributed by atoms with Gasteiger partial charge in [0.1, 0.15) is 5.71 Å². The highest BCUT2D eigenvalue weighted by Crippen LogP contribution is 2.05. The summed E-state index contributed by atoms with van der Waals surface area (Å²) in [4.78, 5) is 14.4. The summed E-state index contributed by atoms with van der Waals surface area (Å²) in [6, 6.07) is 0. The highest BCUT2D eigenvalue weighted by Gasteiger charge is 2.20. The van der Waals surface area contributed by atoms with E-state index in [-0.39, 0.29) is 5.97 Å². The molecule has 3 heteroatoms. The molecule has 48 valence electrons. The lowest BCUT2D eigenvalue weighted by molar-refractivity contribution is -0.135. The zero-order valence-corrected chi connectivity index (χ0v) is 5.13. The van der Waals surface area contributed by atoms with Crippen molar-refractivity contribution in [1.82, 2.24) is 0 Å². The van der Waals surface area contributed by atoms with Crippen molar-refractivity contribution in [2.45, 2.75) is 13.2 Å². The van der Waals surface area contributed by atoms with E-state index in [2.05, 4.69) is 16.3 Å². The van der Waals surface area contributed by atoms with E-state index >= 15 is 0 Å². The molecule has 9 heavy (non-hydrogen) atoms. The van der Waals surface area contributed by atoms with E-state index in [0.29, 0.717) is 5.71 Å². The van der Waals surface area contributed by atoms with Crippen LogP contribution in [0.25, 0.3) is 0 Å². The maximum absolute atomic E-state index is 10.5. The summed E-state index contributed by atoms with van der Waals surface area (Å²) in [5.41, 5.74) is 0.417. The molecule has 0 fully saturated rings. The second kappa shape index (κ2) is 2.01. The number of ether oxygens (including phenoxy) is 1. The molecule has 0 radical (unpaired) electrons. The fraction of sp³-hybridized carbons (Fsp3) is 0.333. The number of hydrogen-bond acceptors (Lipinski definition) is 3. The normalized spacial score (nSPS) is 25.2. The summed E-state index contributed by atoms with van der Waals surface area (Å²) < 4.78 is 4.66. The molecule has 0 aliphatic carbocycles. The molecule has 0 saturated carbocycles. The largest absolute Gasteiger partial charge is 0.432 e. The second-order valence-electron chi connectivity index (χ2n) is 1.75. The third-order valence-electron chi connectivity index (χ3n) is 1.05. The van der Waals surface area contributed by atoms with Crippen LogP contribution in [-0.4, -0.2) is 17.9 Å². The number of nitrogens with zero attached hydrogens (tertiary/aromatic N) is 1. The quantitative estimate of drug-likeness (QED) is 0.378. The Balaban J connectivity index is 2.73. The van der Waals surface area contributed by atoms with E-state index in [4.69, 9.17) is 0 Å². The van der Waals surface area contributed by atoms with Crippen LogP contribution in [0, 0.1) is 0 Å². The van der Waals surface area contributed by atoms with E-state index < -0.39 is 6.23 Å². The fourth-order valence-corrected chi connectivity index (χ4v) is 0.566. The van der Waals surface area contributed by atoms with Crippen molar-refractivity contribution in [2.24, 2.45) is 4.99 Å². The van der Waals surface area contributed by atoms with Gasteiger partial charge in [-0.3, -0.25) is 0 Å². The minimum Gasteiger partial charge on any atom is -0.432 e. The van der Waals surface area contributed by atoms with Crippen molar-refractivity contribution in [3.8, 4) is 0 Å². The Bertz CT molecular complexity index is 183. The lowest BCUT2D eigenvalue weighted by Crippen LogP contribution is -2.07. The molecular formula is C6H7NO2. The summed E-state index contributed by atoms with van der Waals surface area (Å²) in [5, 5.41) is 0. The summed E-state index contributed by atoms with van der Waals surface area (Å²) in [6.07, 6.45) is 1.03. The first kappa shape index (κ1) is 6.01. The molecule has 1 rings (SSSR count). The topological polar surface area (TPSA) is 38.7 Å². The molecule has 0 amide bonds. The molecule has 1 aliphatic heterocycles. The molecule has 0 aromatic heterocycles. The minimum atomic E-state index is -0.447. The van der Waals surface area contributed by atoms with E-state index in [1.54, 1.807) is 6.92 Å². The molecule has 0 N–H and O–H groups in total. The maximum Gasteiger partial charge on any atom is 0.354 e. The van der Waals surface area contributed by atoms with E-state index in [0.717, 1.165) is 0 Å². The summed E-state index contributed by atoms with van der Waals surface area (Å²) in [7, 11) is 0. The van der Waals surface area contributed by atoms with Gasteiger partial charge in [0.15, 0.2) is 0 Å². The molecule has 1 unspecified atom stereocenters. The Morgan fingerprint density at radius 3 is 2.78 bits per heavy atom. The van der Waals surface area contributed by atoms with Gasteiger partial charge in [0.2, 0.25) is 6.23 Å². The number of rotatable bonds is 1. The smallest absolute Gasteiger partial charge is 0.354 e. The van der Waals surface area contributed by atoms with Crippen molar-refractivity contribution >= 4 is 11.7 Å². The lowest BCUT2D eigenvalue weighted by Gasteiger charge is -1.95. The van der Waals surface area contributed by atoms with Gasteiger partial charge in [-0.05, 0) is 13.0 Å². The number of esters is 1. The van der Waals surface area contributed by atoms with Gasteiger partial charge in [-0.15, -0.1) is 0 Å². The monoisotopic (exact) mass is 125 g/mol. The SMILES string of the molecule is C=CC1N=C(C)C(=O)O1. The number of carbonyl (C=O) groups is 1. The summed E-state index contributed by atoms with van der Waals surface area (Å²) >= 11 is 0. The molecule has 1 heterocycles. The molecule has 3 nitrogen and oxygen atoms in total. The van der Waals surface area contributed by atoms with Gasteiger partial charge in [-0.25, -0.2) is 9.79 Å². The molecular weight excluding hydrogens is 118 g/mol. The van der Waals surface area contributed by atoms with Crippen molar-refractivity contribution in [1.29, 1.82) is 0 Å². The maximum atomic E-state index is 10.5. The lowest BCUT2D eigenvalue weighted by atomic mass is 10.4. The van der Waals surface area contributed by atoms with Gasteiger partial charge in [0, 0.05) is 0 Å². The van der Waals surface area contributed by atoms with Crippen LogP contribution in [0.4, 0.5) is 0 Å². The van der Waals surface area contributed by atoms with Crippen LogP contribution in [-0.2, 0) is 9.53 Å². The molecule has 0 aromatic carbocycles. The number of aliphatic imine (C=N–C) groups is 1. The van der Waals surface area contributed by atoms with Gasteiger partial charge in [0.25, 0.3) is 0 Å². The van der Waals surface area contributed by atoms with Crippen molar-refractivity contribution < 1.29 is 9.53 Å². The highest BCUT2D eigenvalue weighted by atomic mass is 16.6. The van der Waals surface area contributed by atoms with Crippen molar-refractivity contribution in [3.63, 3.8) is 0 Å². The Labute approximate surface area is 53.0 Å². The van der Waals surface area contributed by atoms with Crippen LogP contribution in [0.1, 0.15) is 6.92 Å². The molecule has 0 saturated heterocycles. The van der Waals surface area contributed by atoms with Crippen LogP contribution < -0.4 is 0 Å². The highest BCUT2D eigenvalue weighted by molar-refractivity contribution is 6.36. The van der Waals surface area contributed by atoms with Crippen LogP contribution in [0.15, 0.2) is 17.6 Å². The third-order valence-corrected chi connectivity index (χ3v) is 1.05. The second-order valence-corrected chi connectivity index (χ2v) is 1.75. The van der Waals surface area contributed by atoms with Crippen molar-refractivity contribution in [3.05, 3.63) is 12.7 Å². The molecule has 0 aromatic rings. The zero-order valence-electron chi connectivity index (χ0n) is 5.13. The van der Waals surface area contributed by atoms with Crippen LogP contribution in [0.3, 0.4) is 0 Å². The summed E-state index contributed by atoms with van der Waals surface area (Å²) in [6.45, 7) is 5.04. The van der Waals surface area contributed by atoms with Gasteiger partial charge in [0.05, 0.1) is 0 Å². The third kappa shape index (κ3) is 0.988. The first-order valence-electron chi connectivity index (χ1n) is 2.62. The van der Waals surface area contributed by atoms with Crippen LogP contribution in [0.2, 0.25) is 0 Å². The number of carbonyl (C=O) groups excluding carboxylic acids is 1. The van der Waals surface area contributed by atoms with E-state index in [1.165, 1.54) is 6.08 Å². The predicted molar refractivity (Wildman–Crippen MR) is 33.2 cm³/mol. The molecule has 1 aliphatic rings. The Kier molecular flexibility index (Phi) is 1.34. The van der Waals surface area contributed by atoms with Gasteiger partial charge >= 0.3 is 5.97 Å². The average Bonchev–Trinajstić information content (AvgIpc) is 2.13. The fourth-order valence-electron chi connectivity index (χ4n) is 0.566. The summed E-state index contributed by atoms with van der Waals surface area (Å²) in [5.74, 6) is -0.347. The number of cyclic esters (lactones) is 1. The van der Waals surface area contributed by atoms with Crippen molar-refractivity contribution in [2.75, 3.05) is 0 Å². The van der Waals surface area contributed by atoms with E-state index in [1.807, 2.05) is 0 Å². The predicted octanol–water partition coefficient (Wildman–Crippen LogP) is 0.516. The first-order valence-corrected chi connectivity index (χ1v) is 2.62. The Morgan fingerprint density at radius 1 is 1.89 bits per heavy atom. The zero-order chi connectivity index (χ0) is 6.85. The van der Waals surface area contributed by atoms with E-state index in [9.17, 15) is 4.79 Å². The standard InChI is InChI=1S/C6H7NO2/c1-3-5-7-4(2)6(8)9-5/h3,5H,1H2,2H3. The van der Waals surface area contributed by atoms with Crippen LogP contribution >= 0.6 is 0 Å². The van der Waals surface area contributed by atoms with Gasteiger partial charge in [-0.1, -0.05) is 6.58 Å². The Hall–Kier alpha value is -1.12. The molecule has 1 atom stereocenters. The first-order chi connectivity index (χ1) is 4.24. The molecule has 0 spiro atoms. The number of hydrogen-bond donors (Lipinski definition) is 0. The average molecular weight is 125 g/mol. The Morgan fingerprint density at radius 2 is 2.56 bits per heavy atom. The van der Waals surface area contributed by atoms with Crippen LogP contribution in [0.5, 0.6) is 0 Å². The van der Waals surface area contributed by atoms with Gasteiger partial charge < -0.3 is 4.74 Å². The molecule has 0 bridgehead atoms.